The molecule has 0 aromatic heterocycles. The van der Waals surface area contributed by atoms with E-state index in [4.69, 9.17) is 9.47 Å². The number of aromatic carboxylic acids is 1. The van der Waals surface area contributed by atoms with Gasteiger partial charge in [0.2, 0.25) is 5.91 Å². The minimum atomic E-state index is -1.22. The summed E-state index contributed by atoms with van der Waals surface area (Å²) in [5.74, 6) is -1.72. The van der Waals surface area contributed by atoms with E-state index in [0.29, 0.717) is 25.6 Å². The Morgan fingerprint density at radius 2 is 1.90 bits per heavy atom. The highest BCUT2D eigenvalue weighted by Gasteiger charge is 2.33. The number of carboxylic acids is 1. The minimum absolute atomic E-state index is 0.0867. The second-order valence-electron chi connectivity index (χ2n) is 8.47. The van der Waals surface area contributed by atoms with Crippen molar-refractivity contribution in [1.29, 1.82) is 0 Å². The number of hydrogen-bond acceptors (Lipinski definition) is 4. The van der Waals surface area contributed by atoms with Crippen LogP contribution in [0.25, 0.3) is 0 Å². The number of ether oxygens (including phenoxy) is 2. The average molecular weight is 407 g/mol. The Morgan fingerprint density at radius 3 is 2.45 bits per heavy atom. The number of benzene rings is 1. The van der Waals surface area contributed by atoms with Crippen molar-refractivity contribution in [3.8, 4) is 5.75 Å². The van der Waals surface area contributed by atoms with Gasteiger partial charge in [0.25, 0.3) is 0 Å². The van der Waals surface area contributed by atoms with Gasteiger partial charge in [-0.25, -0.2) is 9.18 Å². The molecule has 0 bridgehead atoms. The molecule has 1 saturated heterocycles. The number of carbonyl (C=O) groups excluding carboxylic acids is 1. The summed E-state index contributed by atoms with van der Waals surface area (Å²) in [5, 5.41) is 9.76. The fraction of sp³-hybridized carbons (Fsp3) is 0.636. The smallest absolute Gasteiger partial charge is 0.337 e. The molecule has 1 aliphatic carbocycles. The molecule has 6 nitrogen and oxygen atoms in total. The molecule has 1 heterocycles. The SMILES string of the molecule is CC1CCC(C(=O)N(c2cc(F)c(OC3CCOC3)cc2C(=O)O)C(C)C)CC1. The third-order valence-electron chi connectivity index (χ3n) is 5.84. The van der Waals surface area contributed by atoms with E-state index in [1.165, 1.54) is 11.0 Å². The first-order valence-electron chi connectivity index (χ1n) is 10.4. The molecular weight excluding hydrogens is 377 g/mol. The lowest BCUT2D eigenvalue weighted by molar-refractivity contribution is -0.123. The first-order valence-corrected chi connectivity index (χ1v) is 10.4. The van der Waals surface area contributed by atoms with Crippen molar-refractivity contribution in [2.75, 3.05) is 18.1 Å². The second-order valence-corrected chi connectivity index (χ2v) is 8.47. The summed E-state index contributed by atoms with van der Waals surface area (Å²) in [7, 11) is 0. The van der Waals surface area contributed by atoms with Gasteiger partial charge < -0.3 is 19.5 Å². The lowest BCUT2D eigenvalue weighted by Gasteiger charge is -2.34. The van der Waals surface area contributed by atoms with Gasteiger partial charge in [-0.3, -0.25) is 4.79 Å². The topological polar surface area (TPSA) is 76.1 Å². The highest BCUT2D eigenvalue weighted by Crippen LogP contribution is 2.35. The summed E-state index contributed by atoms with van der Waals surface area (Å²) in [5.41, 5.74) is -0.0461. The molecular formula is C22H30FNO5. The molecule has 0 radical (unpaired) electrons. The molecule has 2 fully saturated rings. The third-order valence-corrected chi connectivity index (χ3v) is 5.84. The lowest BCUT2D eigenvalue weighted by atomic mass is 9.82. The maximum absolute atomic E-state index is 14.8. The minimum Gasteiger partial charge on any atom is -0.485 e. The molecule has 1 N–H and O–H groups in total. The van der Waals surface area contributed by atoms with Crippen molar-refractivity contribution in [3.05, 3.63) is 23.5 Å². The quantitative estimate of drug-likeness (QED) is 0.763. The van der Waals surface area contributed by atoms with E-state index in [0.717, 1.165) is 31.7 Å². The van der Waals surface area contributed by atoms with Crippen molar-refractivity contribution in [2.45, 2.75) is 65.0 Å². The van der Waals surface area contributed by atoms with Crippen molar-refractivity contribution < 1.29 is 28.6 Å². The van der Waals surface area contributed by atoms with Crippen LogP contribution in [-0.2, 0) is 9.53 Å². The van der Waals surface area contributed by atoms with Gasteiger partial charge in [0.05, 0.1) is 24.5 Å². The zero-order valence-electron chi connectivity index (χ0n) is 17.3. The number of hydrogen-bond donors (Lipinski definition) is 1. The van der Waals surface area contributed by atoms with Crippen LogP contribution < -0.4 is 9.64 Å². The largest absolute Gasteiger partial charge is 0.485 e. The monoisotopic (exact) mass is 407 g/mol. The molecule has 160 valence electrons. The predicted octanol–water partition coefficient (Wildman–Crippen LogP) is 4.26. The summed E-state index contributed by atoms with van der Waals surface area (Å²) in [4.78, 5) is 26.7. The average Bonchev–Trinajstić information content (AvgIpc) is 3.17. The number of nitrogens with zero attached hydrogens (tertiary/aromatic N) is 1. The van der Waals surface area contributed by atoms with E-state index in [1.54, 1.807) is 0 Å². The Hall–Kier alpha value is -2.15. The lowest BCUT2D eigenvalue weighted by Crippen LogP contribution is -2.43. The highest BCUT2D eigenvalue weighted by molar-refractivity contribution is 6.03. The summed E-state index contributed by atoms with van der Waals surface area (Å²) < 4.78 is 25.7. The fourth-order valence-electron chi connectivity index (χ4n) is 4.14. The van der Waals surface area contributed by atoms with Crippen LogP contribution in [0.1, 0.15) is 63.2 Å². The number of anilines is 1. The van der Waals surface area contributed by atoms with Gasteiger partial charge in [-0.1, -0.05) is 6.92 Å². The van der Waals surface area contributed by atoms with Crippen LogP contribution in [0.5, 0.6) is 5.75 Å². The molecule has 0 spiro atoms. The molecule has 29 heavy (non-hydrogen) atoms. The molecule has 3 rings (SSSR count). The van der Waals surface area contributed by atoms with Crippen LogP contribution in [0, 0.1) is 17.7 Å². The van der Waals surface area contributed by atoms with Gasteiger partial charge in [0.1, 0.15) is 6.10 Å². The van der Waals surface area contributed by atoms with E-state index >= 15 is 0 Å². The molecule has 1 aromatic carbocycles. The van der Waals surface area contributed by atoms with Crippen LogP contribution in [0.4, 0.5) is 10.1 Å². The van der Waals surface area contributed by atoms with Crippen molar-refractivity contribution in [2.24, 2.45) is 11.8 Å². The van der Waals surface area contributed by atoms with Gasteiger partial charge >= 0.3 is 5.97 Å². The van der Waals surface area contributed by atoms with Crippen molar-refractivity contribution >= 4 is 17.6 Å². The van der Waals surface area contributed by atoms with E-state index in [-0.39, 0.29) is 41.0 Å². The Labute approximate surface area is 171 Å². The molecule has 1 aromatic rings. The Morgan fingerprint density at radius 1 is 1.21 bits per heavy atom. The van der Waals surface area contributed by atoms with E-state index < -0.39 is 11.8 Å². The van der Waals surface area contributed by atoms with Crippen LogP contribution in [0.15, 0.2) is 12.1 Å². The van der Waals surface area contributed by atoms with Crippen LogP contribution in [0.3, 0.4) is 0 Å². The number of rotatable bonds is 6. The standard InChI is InChI=1S/C22H30FNO5/c1-13(2)24(21(25)15-6-4-14(3)5-7-15)19-11-18(23)20(10-17(19)22(26)27)29-16-8-9-28-12-16/h10-11,13-16H,4-9,12H2,1-3H3,(H,26,27). The normalized spacial score (nSPS) is 24.5. The van der Waals surface area contributed by atoms with Crippen LogP contribution in [0.2, 0.25) is 0 Å². The fourth-order valence-corrected chi connectivity index (χ4v) is 4.14. The maximum Gasteiger partial charge on any atom is 0.337 e. The van der Waals surface area contributed by atoms with Gasteiger partial charge in [0.15, 0.2) is 11.6 Å². The highest BCUT2D eigenvalue weighted by atomic mass is 19.1. The summed E-state index contributed by atoms with van der Waals surface area (Å²) in [6.45, 7) is 6.68. The van der Waals surface area contributed by atoms with Gasteiger partial charge in [-0.15, -0.1) is 0 Å². The van der Waals surface area contributed by atoms with Gasteiger partial charge in [-0.05, 0) is 51.5 Å². The van der Waals surface area contributed by atoms with Crippen molar-refractivity contribution in [1.82, 2.24) is 0 Å². The first-order chi connectivity index (χ1) is 13.8. The van der Waals surface area contributed by atoms with Gasteiger partial charge in [0, 0.05) is 24.4 Å². The van der Waals surface area contributed by atoms with E-state index in [9.17, 15) is 19.1 Å². The predicted molar refractivity (Wildman–Crippen MR) is 107 cm³/mol. The molecule has 1 unspecified atom stereocenters. The summed E-state index contributed by atoms with van der Waals surface area (Å²) in [6.07, 6.45) is 3.81. The van der Waals surface area contributed by atoms with E-state index in [2.05, 4.69) is 6.92 Å². The van der Waals surface area contributed by atoms with Crippen LogP contribution >= 0.6 is 0 Å². The zero-order valence-corrected chi connectivity index (χ0v) is 17.3. The Kier molecular flexibility index (Phi) is 6.77. The Balaban J connectivity index is 1.93. The maximum atomic E-state index is 14.8. The number of amides is 1. The van der Waals surface area contributed by atoms with Crippen molar-refractivity contribution in [3.63, 3.8) is 0 Å². The number of halogens is 1. The second kappa shape index (κ2) is 9.11. The molecule has 1 amide bonds. The molecule has 1 atom stereocenters. The molecule has 1 saturated carbocycles. The molecule has 1 aliphatic heterocycles. The number of carbonyl (C=O) groups is 2. The number of carboxylic acid groups (broad SMARTS) is 1. The zero-order chi connectivity index (χ0) is 21.1. The Bertz CT molecular complexity index is 752. The first kappa shape index (κ1) is 21.6. The summed E-state index contributed by atoms with van der Waals surface area (Å²) in [6, 6.07) is 2.02. The third kappa shape index (κ3) is 4.89. The van der Waals surface area contributed by atoms with Crippen LogP contribution in [-0.4, -0.2) is 42.3 Å². The van der Waals surface area contributed by atoms with Gasteiger partial charge in [-0.2, -0.15) is 0 Å². The molecule has 2 aliphatic rings. The molecule has 7 heteroatoms. The summed E-state index contributed by atoms with van der Waals surface area (Å²) >= 11 is 0. The van der Waals surface area contributed by atoms with E-state index in [1.807, 2.05) is 13.8 Å².